The number of carbonyl (C=O) groups excluding carboxylic acids is 1. The van der Waals surface area contributed by atoms with Crippen molar-refractivity contribution in [3.8, 4) is 0 Å². The lowest BCUT2D eigenvalue weighted by Gasteiger charge is -2.06. The number of primary amides is 1. The topological polar surface area (TPSA) is 43.1 Å². The number of amides is 1. The van der Waals surface area contributed by atoms with Crippen LogP contribution in [0.25, 0.3) is 0 Å². The standard InChI is InChI=1S/C20H33NO/c1-2-3-4-5-6-7-8-9-10-11-12-15-18-16-13-14-17-19(18)20(21)22/h13-14,16-17H,2-12,15H2,1H3,(H2,21,22). The Morgan fingerprint density at radius 3 is 1.86 bits per heavy atom. The summed E-state index contributed by atoms with van der Waals surface area (Å²) in [5.41, 5.74) is 7.20. The third-order valence-corrected chi connectivity index (χ3v) is 4.33. The molecule has 1 amide bonds. The Balaban J connectivity index is 2.01. The molecule has 0 saturated heterocycles. The van der Waals surface area contributed by atoms with Crippen LogP contribution in [0.3, 0.4) is 0 Å². The Kier molecular flexibility index (Phi) is 10.4. The highest BCUT2D eigenvalue weighted by Gasteiger charge is 2.06. The van der Waals surface area contributed by atoms with Gasteiger partial charge in [-0.05, 0) is 24.5 Å². The number of rotatable bonds is 13. The molecule has 2 N–H and O–H groups in total. The number of unbranched alkanes of at least 4 members (excludes halogenated alkanes) is 10. The van der Waals surface area contributed by atoms with Crippen molar-refractivity contribution in [2.75, 3.05) is 0 Å². The van der Waals surface area contributed by atoms with Gasteiger partial charge in [0.15, 0.2) is 0 Å². The van der Waals surface area contributed by atoms with Crippen molar-refractivity contribution in [1.29, 1.82) is 0 Å². The van der Waals surface area contributed by atoms with Crippen LogP contribution in [0.5, 0.6) is 0 Å². The fourth-order valence-corrected chi connectivity index (χ4v) is 2.96. The second-order valence-electron chi connectivity index (χ2n) is 6.31. The number of hydrogen-bond donors (Lipinski definition) is 1. The number of hydrogen-bond acceptors (Lipinski definition) is 1. The molecule has 0 aliphatic heterocycles. The molecule has 0 aliphatic rings. The van der Waals surface area contributed by atoms with E-state index in [0.29, 0.717) is 5.56 Å². The minimum atomic E-state index is -0.307. The Morgan fingerprint density at radius 2 is 1.32 bits per heavy atom. The summed E-state index contributed by atoms with van der Waals surface area (Å²) in [4.78, 5) is 11.3. The molecule has 0 spiro atoms. The molecule has 2 nitrogen and oxygen atoms in total. The van der Waals surface area contributed by atoms with Crippen LogP contribution in [0.4, 0.5) is 0 Å². The summed E-state index contributed by atoms with van der Waals surface area (Å²) in [7, 11) is 0. The molecular weight excluding hydrogens is 270 g/mol. The van der Waals surface area contributed by atoms with Crippen LogP contribution < -0.4 is 5.73 Å². The van der Waals surface area contributed by atoms with E-state index in [1.54, 1.807) is 0 Å². The maximum atomic E-state index is 11.3. The van der Waals surface area contributed by atoms with Crippen LogP contribution >= 0.6 is 0 Å². The van der Waals surface area contributed by atoms with E-state index in [2.05, 4.69) is 6.92 Å². The van der Waals surface area contributed by atoms with Gasteiger partial charge in [0.2, 0.25) is 5.91 Å². The number of benzene rings is 1. The quantitative estimate of drug-likeness (QED) is 0.471. The van der Waals surface area contributed by atoms with Crippen molar-refractivity contribution in [3.05, 3.63) is 35.4 Å². The van der Waals surface area contributed by atoms with Crippen molar-refractivity contribution in [2.24, 2.45) is 5.73 Å². The van der Waals surface area contributed by atoms with Crippen LogP contribution in [0, 0.1) is 0 Å². The highest BCUT2D eigenvalue weighted by molar-refractivity contribution is 5.94. The summed E-state index contributed by atoms with van der Waals surface area (Å²) in [5.74, 6) is -0.307. The van der Waals surface area contributed by atoms with Gasteiger partial charge in [-0.15, -0.1) is 0 Å². The van der Waals surface area contributed by atoms with Gasteiger partial charge >= 0.3 is 0 Å². The van der Waals surface area contributed by atoms with Gasteiger partial charge in [0.05, 0.1) is 0 Å². The molecule has 1 aromatic rings. The molecule has 0 saturated carbocycles. The SMILES string of the molecule is CCCCCCCCCCCCCc1ccccc1C(N)=O. The van der Waals surface area contributed by atoms with E-state index in [4.69, 9.17) is 5.73 Å². The summed E-state index contributed by atoms with van der Waals surface area (Å²) in [6, 6.07) is 7.72. The molecule has 22 heavy (non-hydrogen) atoms. The first-order valence-electron chi connectivity index (χ1n) is 9.13. The Labute approximate surface area is 136 Å². The van der Waals surface area contributed by atoms with E-state index in [1.807, 2.05) is 24.3 Å². The summed E-state index contributed by atoms with van der Waals surface area (Å²) in [6.45, 7) is 2.27. The van der Waals surface area contributed by atoms with Gasteiger partial charge in [-0.25, -0.2) is 0 Å². The average molecular weight is 303 g/mol. The van der Waals surface area contributed by atoms with E-state index in [0.717, 1.165) is 18.4 Å². The highest BCUT2D eigenvalue weighted by Crippen LogP contribution is 2.15. The van der Waals surface area contributed by atoms with Crippen molar-refractivity contribution >= 4 is 5.91 Å². The maximum Gasteiger partial charge on any atom is 0.248 e. The zero-order chi connectivity index (χ0) is 16.0. The van der Waals surface area contributed by atoms with Crippen LogP contribution in [0.1, 0.15) is 93.5 Å². The summed E-state index contributed by atoms with van der Waals surface area (Å²) < 4.78 is 0. The third kappa shape index (κ3) is 8.21. The first-order chi connectivity index (χ1) is 10.8. The highest BCUT2D eigenvalue weighted by atomic mass is 16.1. The second-order valence-corrected chi connectivity index (χ2v) is 6.31. The molecule has 2 heteroatoms. The third-order valence-electron chi connectivity index (χ3n) is 4.33. The summed E-state index contributed by atoms with van der Waals surface area (Å²) in [6.07, 6.45) is 15.8. The van der Waals surface area contributed by atoms with Gasteiger partial charge < -0.3 is 5.73 Å². The second kappa shape index (κ2) is 12.3. The molecule has 124 valence electrons. The Morgan fingerprint density at radius 1 is 0.818 bits per heavy atom. The normalized spacial score (nSPS) is 10.8. The molecule has 0 heterocycles. The van der Waals surface area contributed by atoms with Crippen LogP contribution in [-0.4, -0.2) is 5.91 Å². The van der Waals surface area contributed by atoms with Gasteiger partial charge in [-0.2, -0.15) is 0 Å². The molecular formula is C20H33NO. The van der Waals surface area contributed by atoms with Crippen molar-refractivity contribution < 1.29 is 4.79 Å². The minimum Gasteiger partial charge on any atom is -0.366 e. The van der Waals surface area contributed by atoms with E-state index < -0.39 is 0 Å². The molecule has 0 bridgehead atoms. The van der Waals surface area contributed by atoms with Crippen molar-refractivity contribution in [2.45, 2.75) is 84.0 Å². The van der Waals surface area contributed by atoms with Crippen LogP contribution in [-0.2, 0) is 6.42 Å². The number of aryl methyl sites for hydroxylation is 1. The molecule has 0 aromatic heterocycles. The molecule has 0 atom stereocenters. The largest absolute Gasteiger partial charge is 0.366 e. The Bertz CT molecular complexity index is 414. The molecule has 0 unspecified atom stereocenters. The minimum absolute atomic E-state index is 0.307. The van der Waals surface area contributed by atoms with Crippen molar-refractivity contribution in [1.82, 2.24) is 0 Å². The van der Waals surface area contributed by atoms with E-state index in [9.17, 15) is 4.79 Å². The van der Waals surface area contributed by atoms with Gasteiger partial charge in [0.1, 0.15) is 0 Å². The zero-order valence-corrected chi connectivity index (χ0v) is 14.3. The number of carbonyl (C=O) groups is 1. The van der Waals surface area contributed by atoms with E-state index in [1.165, 1.54) is 64.2 Å². The van der Waals surface area contributed by atoms with Crippen molar-refractivity contribution in [3.63, 3.8) is 0 Å². The first kappa shape index (κ1) is 18.7. The van der Waals surface area contributed by atoms with E-state index in [-0.39, 0.29) is 5.91 Å². The molecule has 0 fully saturated rings. The fourth-order valence-electron chi connectivity index (χ4n) is 2.96. The van der Waals surface area contributed by atoms with Gasteiger partial charge in [0, 0.05) is 5.56 Å². The Hall–Kier alpha value is -1.31. The molecule has 0 aliphatic carbocycles. The molecule has 1 aromatic carbocycles. The lowest BCUT2D eigenvalue weighted by atomic mass is 10.00. The average Bonchev–Trinajstić information content (AvgIpc) is 2.53. The van der Waals surface area contributed by atoms with Gasteiger partial charge in [-0.1, -0.05) is 89.3 Å². The predicted molar refractivity (Wildman–Crippen MR) is 95.1 cm³/mol. The lowest BCUT2D eigenvalue weighted by Crippen LogP contribution is -2.13. The van der Waals surface area contributed by atoms with E-state index >= 15 is 0 Å². The van der Waals surface area contributed by atoms with Crippen LogP contribution in [0.2, 0.25) is 0 Å². The fraction of sp³-hybridized carbons (Fsp3) is 0.650. The van der Waals surface area contributed by atoms with Gasteiger partial charge in [0.25, 0.3) is 0 Å². The van der Waals surface area contributed by atoms with Gasteiger partial charge in [-0.3, -0.25) is 4.79 Å². The lowest BCUT2D eigenvalue weighted by molar-refractivity contribution is 0.0999. The smallest absolute Gasteiger partial charge is 0.248 e. The molecule has 1 rings (SSSR count). The predicted octanol–water partition coefficient (Wildman–Crippen LogP) is 5.64. The zero-order valence-electron chi connectivity index (χ0n) is 14.3. The van der Waals surface area contributed by atoms with Crippen LogP contribution in [0.15, 0.2) is 24.3 Å². The summed E-state index contributed by atoms with van der Waals surface area (Å²) >= 11 is 0. The number of nitrogens with two attached hydrogens (primary N) is 1. The first-order valence-corrected chi connectivity index (χ1v) is 9.13. The maximum absolute atomic E-state index is 11.3. The molecule has 0 radical (unpaired) electrons. The monoisotopic (exact) mass is 303 g/mol. The summed E-state index contributed by atoms with van der Waals surface area (Å²) in [5, 5.41) is 0.